The minimum atomic E-state index is -0.440. The molecule has 1 heterocycles. The van der Waals surface area contributed by atoms with Crippen LogP contribution in [0.3, 0.4) is 0 Å². The predicted octanol–water partition coefficient (Wildman–Crippen LogP) is 3.08. The first-order valence-electron chi connectivity index (χ1n) is 7.84. The van der Waals surface area contributed by atoms with Gasteiger partial charge in [0.2, 0.25) is 5.12 Å². The monoisotopic (exact) mass is 357 g/mol. The largest absolute Gasteiger partial charge is 0.508 e. The van der Waals surface area contributed by atoms with Crippen molar-refractivity contribution in [2.75, 3.05) is 20.0 Å². The van der Waals surface area contributed by atoms with Crippen molar-refractivity contribution in [3.05, 3.63) is 53.6 Å². The fourth-order valence-corrected chi connectivity index (χ4v) is 3.52. The molecule has 2 aromatic carbocycles. The van der Waals surface area contributed by atoms with Gasteiger partial charge in [0.1, 0.15) is 23.3 Å². The summed E-state index contributed by atoms with van der Waals surface area (Å²) in [5.74, 6) is 2.12. The Balaban J connectivity index is 1.89. The molecule has 0 saturated carbocycles. The summed E-state index contributed by atoms with van der Waals surface area (Å²) in [4.78, 5) is 16.9. The van der Waals surface area contributed by atoms with Gasteiger partial charge in [-0.1, -0.05) is 23.9 Å². The lowest BCUT2D eigenvalue weighted by Gasteiger charge is -2.20. The number of ether oxygens (including phenoxy) is 2. The van der Waals surface area contributed by atoms with E-state index in [0.29, 0.717) is 23.7 Å². The minimum absolute atomic E-state index is 0.0595. The zero-order chi connectivity index (χ0) is 17.8. The third-order valence-corrected chi connectivity index (χ3v) is 4.99. The number of carbonyl (C=O) groups excluding carboxylic acids is 1. The molecule has 1 N–H and O–H groups in total. The number of hydrogen-bond donors (Lipinski definition) is 1. The van der Waals surface area contributed by atoms with Crippen LogP contribution in [-0.2, 0) is 11.2 Å². The molecule has 2 aromatic rings. The van der Waals surface area contributed by atoms with E-state index in [0.717, 1.165) is 16.8 Å². The van der Waals surface area contributed by atoms with E-state index in [2.05, 4.69) is 4.99 Å². The van der Waals surface area contributed by atoms with Gasteiger partial charge in [0.25, 0.3) is 0 Å². The van der Waals surface area contributed by atoms with E-state index >= 15 is 0 Å². The molecule has 6 heteroatoms. The Morgan fingerprint density at radius 2 is 1.92 bits per heavy atom. The van der Waals surface area contributed by atoms with Crippen molar-refractivity contribution in [1.29, 1.82) is 0 Å². The summed E-state index contributed by atoms with van der Waals surface area (Å²) >= 11 is 1.27. The number of hydrogen-bond acceptors (Lipinski definition) is 6. The summed E-state index contributed by atoms with van der Waals surface area (Å²) in [7, 11) is 3.21. The van der Waals surface area contributed by atoms with Gasteiger partial charge >= 0.3 is 0 Å². The van der Waals surface area contributed by atoms with E-state index < -0.39 is 6.04 Å². The van der Waals surface area contributed by atoms with Gasteiger partial charge in [0.15, 0.2) is 0 Å². The molecule has 0 saturated heterocycles. The van der Waals surface area contributed by atoms with Gasteiger partial charge < -0.3 is 14.6 Å². The molecular weight excluding hydrogens is 338 g/mol. The second-order valence-corrected chi connectivity index (χ2v) is 6.62. The van der Waals surface area contributed by atoms with E-state index in [-0.39, 0.29) is 10.9 Å². The van der Waals surface area contributed by atoms with Crippen LogP contribution in [0.1, 0.15) is 11.1 Å². The maximum absolute atomic E-state index is 12.3. The van der Waals surface area contributed by atoms with E-state index in [1.807, 2.05) is 30.3 Å². The van der Waals surface area contributed by atoms with Crippen LogP contribution in [0.5, 0.6) is 17.2 Å². The summed E-state index contributed by atoms with van der Waals surface area (Å²) in [6.07, 6.45) is 0.508. The number of nitrogens with zero attached hydrogens (tertiary/aromatic N) is 1. The first kappa shape index (κ1) is 17.4. The molecule has 0 amide bonds. The van der Waals surface area contributed by atoms with E-state index in [4.69, 9.17) is 9.47 Å². The molecule has 0 fully saturated rings. The number of thioether (sulfide) groups is 1. The Morgan fingerprint density at radius 3 is 2.60 bits per heavy atom. The van der Waals surface area contributed by atoms with Crippen molar-refractivity contribution < 1.29 is 19.4 Å². The molecule has 0 spiro atoms. The second-order valence-electron chi connectivity index (χ2n) is 5.64. The summed E-state index contributed by atoms with van der Waals surface area (Å²) in [5, 5.41) is 9.44. The molecule has 130 valence electrons. The predicted molar refractivity (Wildman–Crippen MR) is 99.1 cm³/mol. The van der Waals surface area contributed by atoms with Crippen LogP contribution in [0.2, 0.25) is 0 Å². The zero-order valence-corrected chi connectivity index (χ0v) is 14.9. The van der Waals surface area contributed by atoms with E-state index in [1.165, 1.54) is 11.8 Å². The molecule has 0 radical (unpaired) electrons. The number of aromatic hydroxyl groups is 1. The van der Waals surface area contributed by atoms with Crippen molar-refractivity contribution in [2.24, 2.45) is 4.99 Å². The van der Waals surface area contributed by atoms with Crippen LogP contribution in [0.4, 0.5) is 0 Å². The fraction of sp³-hybridized carbons (Fsp3) is 0.263. The smallest absolute Gasteiger partial charge is 0.214 e. The molecule has 1 atom stereocenters. The highest BCUT2D eigenvalue weighted by atomic mass is 32.2. The third-order valence-electron chi connectivity index (χ3n) is 4.02. The zero-order valence-electron chi connectivity index (χ0n) is 14.1. The highest BCUT2D eigenvalue weighted by molar-refractivity contribution is 8.14. The van der Waals surface area contributed by atoms with Gasteiger partial charge in [-0.25, -0.2) is 0 Å². The Bertz CT molecular complexity index is 802. The van der Waals surface area contributed by atoms with Crippen molar-refractivity contribution in [2.45, 2.75) is 12.5 Å². The Kier molecular flexibility index (Phi) is 5.28. The first-order valence-corrected chi connectivity index (χ1v) is 8.83. The minimum Gasteiger partial charge on any atom is -0.508 e. The average molecular weight is 357 g/mol. The standard InChI is InChI=1S/C19H19NO4S/c1-23-14-7-8-15(18(10-14)24-2)17-11-25-19(22)16(20-17)9-12-3-5-13(21)6-4-12/h3-8,10,16,21H,9,11H2,1-2H3/t16-/m0/s1. The van der Waals surface area contributed by atoms with Crippen LogP contribution in [0.25, 0.3) is 0 Å². The average Bonchev–Trinajstić information content (AvgIpc) is 2.65. The summed E-state index contributed by atoms with van der Waals surface area (Å²) in [6.45, 7) is 0. The van der Waals surface area contributed by atoms with Crippen LogP contribution >= 0.6 is 11.8 Å². The van der Waals surface area contributed by atoms with Crippen LogP contribution in [0.15, 0.2) is 47.5 Å². The van der Waals surface area contributed by atoms with Gasteiger partial charge in [-0.2, -0.15) is 0 Å². The SMILES string of the molecule is COc1ccc(C2=N[C@@H](Cc3ccc(O)cc3)C(=O)SC2)c(OC)c1. The number of phenolic OH excluding ortho intramolecular Hbond substituents is 1. The maximum atomic E-state index is 12.3. The molecular formula is C19H19NO4S. The number of benzene rings is 2. The summed E-state index contributed by atoms with van der Waals surface area (Å²) in [6, 6.07) is 12.0. The molecule has 5 nitrogen and oxygen atoms in total. The van der Waals surface area contributed by atoms with E-state index in [9.17, 15) is 9.90 Å². The van der Waals surface area contributed by atoms with Crippen molar-refractivity contribution in [3.8, 4) is 17.2 Å². The van der Waals surface area contributed by atoms with Gasteiger partial charge in [-0.15, -0.1) is 0 Å². The Labute approximate surface area is 150 Å². The van der Waals surface area contributed by atoms with Crippen molar-refractivity contribution in [3.63, 3.8) is 0 Å². The van der Waals surface area contributed by atoms with Crippen molar-refractivity contribution in [1.82, 2.24) is 0 Å². The van der Waals surface area contributed by atoms with Gasteiger partial charge in [-0.3, -0.25) is 9.79 Å². The molecule has 0 aliphatic carbocycles. The second kappa shape index (κ2) is 7.61. The highest BCUT2D eigenvalue weighted by Crippen LogP contribution is 2.29. The normalized spacial score (nSPS) is 17.1. The van der Waals surface area contributed by atoms with E-state index in [1.54, 1.807) is 26.4 Å². The number of rotatable bonds is 5. The fourth-order valence-electron chi connectivity index (χ4n) is 2.68. The number of carbonyl (C=O) groups is 1. The van der Waals surface area contributed by atoms with Gasteiger partial charge in [0.05, 0.1) is 19.9 Å². The number of aliphatic imine (C=N–C) groups is 1. The Hall–Kier alpha value is -2.47. The van der Waals surface area contributed by atoms with Gasteiger partial charge in [-0.05, 0) is 29.8 Å². The van der Waals surface area contributed by atoms with Crippen LogP contribution in [-0.4, -0.2) is 41.9 Å². The molecule has 3 rings (SSSR count). The molecule has 25 heavy (non-hydrogen) atoms. The summed E-state index contributed by atoms with van der Waals surface area (Å²) < 4.78 is 10.7. The number of methoxy groups -OCH3 is 2. The molecule has 0 unspecified atom stereocenters. The topological polar surface area (TPSA) is 68.1 Å². The maximum Gasteiger partial charge on any atom is 0.214 e. The van der Waals surface area contributed by atoms with Gasteiger partial charge in [0, 0.05) is 23.8 Å². The molecule has 1 aliphatic heterocycles. The Morgan fingerprint density at radius 1 is 1.16 bits per heavy atom. The van der Waals surface area contributed by atoms with Crippen LogP contribution < -0.4 is 9.47 Å². The highest BCUT2D eigenvalue weighted by Gasteiger charge is 2.26. The lowest BCUT2D eigenvalue weighted by molar-refractivity contribution is -0.112. The molecule has 1 aliphatic rings. The molecule has 0 bridgehead atoms. The van der Waals surface area contributed by atoms with Crippen molar-refractivity contribution >= 4 is 22.6 Å². The quantitative estimate of drug-likeness (QED) is 0.891. The summed E-state index contributed by atoms with van der Waals surface area (Å²) in [5.41, 5.74) is 2.68. The lowest BCUT2D eigenvalue weighted by Crippen LogP contribution is -2.27. The lowest BCUT2D eigenvalue weighted by atomic mass is 10.1. The number of phenols is 1. The van der Waals surface area contributed by atoms with Crippen LogP contribution in [0, 0.1) is 0 Å². The third kappa shape index (κ3) is 3.96. The molecule has 0 aromatic heterocycles. The first-order chi connectivity index (χ1) is 12.1.